The fraction of sp³-hybridized carbons (Fsp3) is 0. The molecule has 0 amide bonds. The molecule has 6 heteroatoms. The summed E-state index contributed by atoms with van der Waals surface area (Å²) in [7, 11) is 0. The van der Waals surface area contributed by atoms with Crippen LogP contribution in [0.1, 0.15) is 2.74 Å². The van der Waals surface area contributed by atoms with Crippen LogP contribution in [0.5, 0.6) is 0 Å². The van der Waals surface area contributed by atoms with Crippen LogP contribution in [0.25, 0.3) is 11.1 Å². The van der Waals surface area contributed by atoms with Gasteiger partial charge in [-0.15, -0.1) is 0 Å². The van der Waals surface area contributed by atoms with Gasteiger partial charge in [0, 0.05) is 10.4 Å². The minimum atomic E-state index is -1.72. The van der Waals surface area contributed by atoms with Crippen molar-refractivity contribution in [2.45, 2.75) is 0 Å². The Morgan fingerprint density at radius 3 is 1.33 bits per heavy atom. The van der Waals surface area contributed by atoms with Crippen LogP contribution >= 0.6 is 0 Å². The number of hydrogen-bond acceptors (Lipinski definition) is 4. The molecule has 0 heterocycles. The Hall–Kier alpha value is -3.22. The first-order valence-electron chi connectivity index (χ1n) is 5.27. The molecule has 0 unspecified atom stereocenters. The van der Waals surface area contributed by atoms with Gasteiger partial charge in [-0.05, 0) is 12.1 Å². The molecule has 0 aromatic heterocycles. The van der Waals surface area contributed by atoms with E-state index in [-0.39, 0.29) is 0 Å². The molecule has 0 aliphatic carbocycles. The van der Waals surface area contributed by atoms with E-state index in [1.165, 1.54) is 24.3 Å². The SMILES string of the molecule is [2H]c1c([2H])c(=C(C#N)C#N)c(F)c(F)c1=C(C#N)C#N. The Balaban J connectivity index is 4.35. The maximum atomic E-state index is 13.8. The highest BCUT2D eigenvalue weighted by molar-refractivity contribution is 5.74. The molecule has 0 fully saturated rings. The summed E-state index contributed by atoms with van der Waals surface area (Å²) in [6.45, 7) is 0. The second-order valence-electron chi connectivity index (χ2n) is 2.83. The van der Waals surface area contributed by atoms with Gasteiger partial charge in [-0.3, -0.25) is 0 Å². The molecule has 0 saturated heterocycles. The van der Waals surface area contributed by atoms with Crippen LogP contribution in [-0.4, -0.2) is 0 Å². The second-order valence-corrected chi connectivity index (χ2v) is 2.83. The molecule has 1 aromatic carbocycles. The lowest BCUT2D eigenvalue weighted by atomic mass is 10.1. The van der Waals surface area contributed by atoms with E-state index in [1.54, 1.807) is 0 Å². The van der Waals surface area contributed by atoms with Crippen LogP contribution in [-0.2, 0) is 0 Å². The Morgan fingerprint density at radius 2 is 1.11 bits per heavy atom. The summed E-state index contributed by atoms with van der Waals surface area (Å²) >= 11 is 0. The summed E-state index contributed by atoms with van der Waals surface area (Å²) in [4.78, 5) is 0. The smallest absolute Gasteiger partial charge is 0.168 e. The molecule has 0 aliphatic heterocycles. The molecular weight excluding hydrogens is 238 g/mol. The molecule has 0 atom stereocenters. The van der Waals surface area contributed by atoms with E-state index in [9.17, 15) is 8.78 Å². The van der Waals surface area contributed by atoms with Gasteiger partial charge in [0.25, 0.3) is 0 Å². The zero-order chi connectivity index (χ0) is 15.4. The van der Waals surface area contributed by atoms with Gasteiger partial charge in [-0.25, -0.2) is 8.78 Å². The molecule has 0 aliphatic rings. The number of nitriles is 4. The van der Waals surface area contributed by atoms with E-state index >= 15 is 0 Å². The number of hydrogen-bond donors (Lipinski definition) is 0. The quantitative estimate of drug-likeness (QED) is 0.656. The van der Waals surface area contributed by atoms with Crippen LogP contribution in [0, 0.1) is 57.0 Å². The first-order chi connectivity index (χ1) is 9.44. The first-order valence-corrected chi connectivity index (χ1v) is 4.27. The molecule has 0 spiro atoms. The van der Waals surface area contributed by atoms with E-state index in [2.05, 4.69) is 0 Å². The van der Waals surface area contributed by atoms with Gasteiger partial charge < -0.3 is 0 Å². The fourth-order valence-electron chi connectivity index (χ4n) is 1.07. The van der Waals surface area contributed by atoms with Gasteiger partial charge in [-0.2, -0.15) is 21.0 Å². The summed E-state index contributed by atoms with van der Waals surface area (Å²) in [5, 5.41) is 32.6. The van der Waals surface area contributed by atoms with Crippen molar-refractivity contribution >= 4 is 11.1 Å². The predicted molar refractivity (Wildman–Crippen MR) is 54.9 cm³/mol. The van der Waals surface area contributed by atoms with Crippen molar-refractivity contribution < 1.29 is 11.5 Å². The normalized spacial score (nSPS) is 9.89. The molecule has 18 heavy (non-hydrogen) atoms. The lowest BCUT2D eigenvalue weighted by molar-refractivity contribution is 0.497. The maximum Gasteiger partial charge on any atom is 0.168 e. The standard InChI is InChI=1S/C12H2F2N4/c13-11-9(7(3-15)4-16)1-2-10(12(11)14)8(5-17)6-18/h1-2H/i1D,2D. The number of halogens is 2. The zero-order valence-corrected chi connectivity index (χ0v) is 8.54. The summed E-state index contributed by atoms with van der Waals surface area (Å²) in [6, 6.07) is 3.27. The van der Waals surface area contributed by atoms with E-state index in [0.29, 0.717) is 0 Å². The van der Waals surface area contributed by atoms with Gasteiger partial charge in [-0.1, -0.05) is 0 Å². The monoisotopic (exact) mass is 242 g/mol. The van der Waals surface area contributed by atoms with Crippen LogP contribution in [0.4, 0.5) is 8.78 Å². The van der Waals surface area contributed by atoms with Gasteiger partial charge in [0.1, 0.15) is 35.4 Å². The molecule has 0 saturated carbocycles. The van der Waals surface area contributed by atoms with E-state index in [0.717, 1.165) is 0 Å². The predicted octanol–water partition coefficient (Wildman–Crippen LogP) is 0.361. The molecule has 84 valence electrons. The second kappa shape index (κ2) is 5.21. The highest BCUT2D eigenvalue weighted by atomic mass is 19.2. The van der Waals surface area contributed by atoms with Gasteiger partial charge >= 0.3 is 0 Å². The summed E-state index contributed by atoms with van der Waals surface area (Å²) < 4.78 is 42.7. The van der Waals surface area contributed by atoms with Crippen LogP contribution in [0.2, 0.25) is 0 Å². The fourth-order valence-corrected chi connectivity index (χ4v) is 1.07. The molecule has 4 nitrogen and oxygen atoms in total. The van der Waals surface area contributed by atoms with Crippen molar-refractivity contribution in [2.24, 2.45) is 0 Å². The van der Waals surface area contributed by atoms with Crippen molar-refractivity contribution in [3.05, 3.63) is 34.2 Å². The third-order valence-electron chi connectivity index (χ3n) is 1.89. The molecule has 0 radical (unpaired) electrons. The van der Waals surface area contributed by atoms with E-state index in [1.807, 2.05) is 0 Å². The zero-order valence-electron chi connectivity index (χ0n) is 10.5. The summed E-state index contributed by atoms with van der Waals surface area (Å²) in [5.74, 6) is -3.44. The molecule has 0 N–H and O–H groups in total. The average Bonchev–Trinajstić information content (AvgIpc) is 2.46. The average molecular weight is 242 g/mol. The van der Waals surface area contributed by atoms with Crippen molar-refractivity contribution in [1.29, 1.82) is 21.0 Å². The molecule has 1 aromatic rings. The number of rotatable bonds is 0. The van der Waals surface area contributed by atoms with Crippen molar-refractivity contribution in [2.75, 3.05) is 0 Å². The van der Waals surface area contributed by atoms with Crippen LogP contribution in [0.15, 0.2) is 12.1 Å². The lowest BCUT2D eigenvalue weighted by Gasteiger charge is -1.96. The van der Waals surface area contributed by atoms with Gasteiger partial charge in [0.15, 0.2) is 11.6 Å². The highest BCUT2D eigenvalue weighted by Gasteiger charge is 2.11. The summed E-state index contributed by atoms with van der Waals surface area (Å²) in [6.07, 6.45) is 0. The van der Waals surface area contributed by atoms with Gasteiger partial charge in [0.05, 0.1) is 2.74 Å². The molecular formula is C12H2F2N4. The highest BCUT2D eigenvalue weighted by Crippen LogP contribution is 1.99. The Labute approximate surface area is 103 Å². The third-order valence-corrected chi connectivity index (χ3v) is 1.89. The minimum Gasteiger partial charge on any atom is -0.203 e. The number of benzene rings is 1. The van der Waals surface area contributed by atoms with Crippen molar-refractivity contribution in [3.8, 4) is 24.3 Å². The van der Waals surface area contributed by atoms with Gasteiger partial charge in [0.2, 0.25) is 0 Å². The Kier molecular flexibility index (Phi) is 2.89. The Bertz CT molecular complexity index is 750. The van der Waals surface area contributed by atoms with Crippen LogP contribution < -0.4 is 10.4 Å². The minimum absolute atomic E-state index is 0.873. The first kappa shape index (κ1) is 9.97. The lowest BCUT2D eigenvalue weighted by Crippen LogP contribution is -2.22. The Morgan fingerprint density at radius 1 is 0.833 bits per heavy atom. The third kappa shape index (κ3) is 2.00. The summed E-state index contributed by atoms with van der Waals surface area (Å²) in [5.41, 5.74) is -1.75. The van der Waals surface area contributed by atoms with Crippen molar-refractivity contribution in [3.63, 3.8) is 0 Å². The molecule has 1 rings (SSSR count). The van der Waals surface area contributed by atoms with Crippen LogP contribution in [0.3, 0.4) is 0 Å². The van der Waals surface area contributed by atoms with E-state index < -0.39 is 45.3 Å². The number of nitrogens with zero attached hydrogens (tertiary/aromatic N) is 4. The maximum absolute atomic E-state index is 13.8. The van der Waals surface area contributed by atoms with Crippen molar-refractivity contribution in [1.82, 2.24) is 0 Å². The largest absolute Gasteiger partial charge is 0.203 e. The topological polar surface area (TPSA) is 95.2 Å². The van der Waals surface area contributed by atoms with E-state index in [4.69, 9.17) is 23.8 Å². The molecule has 0 bridgehead atoms.